The molecule has 1 saturated heterocycles. The van der Waals surface area contributed by atoms with Gasteiger partial charge in [0.1, 0.15) is 12.2 Å². The Kier molecular flexibility index (Phi) is 6.77. The maximum atomic E-state index is 12.9. The summed E-state index contributed by atoms with van der Waals surface area (Å²) in [6.07, 6.45) is -0.835. The van der Waals surface area contributed by atoms with Crippen molar-refractivity contribution in [1.82, 2.24) is 15.1 Å². The minimum absolute atomic E-state index is 0.00281. The number of imide groups is 1. The van der Waals surface area contributed by atoms with Crippen LogP contribution >= 0.6 is 0 Å². The van der Waals surface area contributed by atoms with Crippen molar-refractivity contribution >= 4 is 24.0 Å². The molecular weight excluding hydrogens is 450 g/mol. The lowest BCUT2D eigenvalue weighted by Gasteiger charge is -2.30. The number of ether oxygens (including phenoxy) is 2. The van der Waals surface area contributed by atoms with Crippen molar-refractivity contribution in [3.05, 3.63) is 71.3 Å². The molecular formula is C26H29N3O6. The van der Waals surface area contributed by atoms with Crippen LogP contribution in [-0.4, -0.2) is 64.6 Å². The van der Waals surface area contributed by atoms with Gasteiger partial charge in [-0.3, -0.25) is 14.5 Å². The monoisotopic (exact) mass is 479 g/mol. The summed E-state index contributed by atoms with van der Waals surface area (Å²) in [5.74, 6) is -0.790. The SMILES string of the molecule is CC(C)(C)OC(=O)N1CC(NC(=O)OCc2ccccc2)CC1CN1C(=O)c2ccccc2C1=O. The number of rotatable bonds is 5. The number of fused-ring (bicyclic) bond motifs is 1. The molecule has 1 N–H and O–H groups in total. The molecule has 4 amide bonds. The van der Waals surface area contributed by atoms with Gasteiger partial charge in [-0.2, -0.15) is 0 Å². The van der Waals surface area contributed by atoms with E-state index in [0.717, 1.165) is 10.5 Å². The van der Waals surface area contributed by atoms with Gasteiger partial charge in [0, 0.05) is 13.1 Å². The van der Waals surface area contributed by atoms with E-state index in [0.29, 0.717) is 17.5 Å². The van der Waals surface area contributed by atoms with E-state index in [1.54, 1.807) is 45.0 Å². The first-order valence-electron chi connectivity index (χ1n) is 11.5. The van der Waals surface area contributed by atoms with Crippen LogP contribution in [0.2, 0.25) is 0 Å². The Morgan fingerprint density at radius 3 is 2.17 bits per heavy atom. The molecule has 2 unspecified atom stereocenters. The Labute approximate surface area is 204 Å². The van der Waals surface area contributed by atoms with Crippen LogP contribution < -0.4 is 5.32 Å². The lowest BCUT2D eigenvalue weighted by molar-refractivity contribution is 0.0188. The molecule has 0 radical (unpaired) electrons. The van der Waals surface area contributed by atoms with Crippen LogP contribution in [0.4, 0.5) is 9.59 Å². The molecule has 184 valence electrons. The van der Waals surface area contributed by atoms with E-state index in [1.165, 1.54) is 4.90 Å². The van der Waals surface area contributed by atoms with E-state index in [4.69, 9.17) is 9.47 Å². The number of hydrogen-bond donors (Lipinski definition) is 1. The zero-order valence-electron chi connectivity index (χ0n) is 20.0. The Morgan fingerprint density at radius 1 is 0.971 bits per heavy atom. The number of nitrogens with one attached hydrogen (secondary N) is 1. The maximum absolute atomic E-state index is 12.9. The Hall–Kier alpha value is -3.88. The van der Waals surface area contributed by atoms with E-state index in [2.05, 4.69) is 5.32 Å². The highest BCUT2D eigenvalue weighted by molar-refractivity contribution is 6.21. The van der Waals surface area contributed by atoms with Gasteiger partial charge < -0.3 is 19.7 Å². The van der Waals surface area contributed by atoms with Crippen molar-refractivity contribution in [3.63, 3.8) is 0 Å². The number of carbonyl (C=O) groups is 4. The average Bonchev–Trinajstić information content (AvgIpc) is 3.32. The Bertz CT molecular complexity index is 1090. The van der Waals surface area contributed by atoms with Crippen LogP contribution in [0.25, 0.3) is 0 Å². The number of nitrogens with zero attached hydrogens (tertiary/aromatic N) is 2. The van der Waals surface area contributed by atoms with Crippen LogP contribution in [0.15, 0.2) is 54.6 Å². The summed E-state index contributed by atoms with van der Waals surface area (Å²) in [5, 5.41) is 2.79. The second-order valence-electron chi connectivity index (χ2n) is 9.69. The van der Waals surface area contributed by atoms with Crippen molar-refractivity contribution in [2.45, 2.75) is 51.5 Å². The topological polar surface area (TPSA) is 105 Å². The Balaban J connectivity index is 1.44. The van der Waals surface area contributed by atoms with Crippen LogP contribution in [-0.2, 0) is 16.1 Å². The molecule has 2 atom stereocenters. The molecule has 4 rings (SSSR count). The van der Waals surface area contributed by atoms with Gasteiger partial charge in [-0.05, 0) is 44.9 Å². The lowest BCUT2D eigenvalue weighted by Crippen LogP contribution is -2.46. The number of benzene rings is 2. The average molecular weight is 480 g/mol. The summed E-state index contributed by atoms with van der Waals surface area (Å²) in [6.45, 7) is 5.57. The summed E-state index contributed by atoms with van der Waals surface area (Å²) < 4.78 is 10.9. The van der Waals surface area contributed by atoms with Gasteiger partial charge in [0.05, 0.1) is 23.2 Å². The van der Waals surface area contributed by atoms with Crippen molar-refractivity contribution in [3.8, 4) is 0 Å². The predicted octanol–water partition coefficient (Wildman–Crippen LogP) is 3.59. The fourth-order valence-corrected chi connectivity index (χ4v) is 4.29. The molecule has 0 aliphatic carbocycles. The number of amides is 4. The second-order valence-corrected chi connectivity index (χ2v) is 9.69. The van der Waals surface area contributed by atoms with E-state index < -0.39 is 41.7 Å². The van der Waals surface area contributed by atoms with Gasteiger partial charge in [-0.1, -0.05) is 42.5 Å². The molecule has 9 heteroatoms. The molecule has 2 aromatic rings. The maximum Gasteiger partial charge on any atom is 0.410 e. The number of alkyl carbamates (subject to hydrolysis) is 1. The summed E-state index contributed by atoms with van der Waals surface area (Å²) in [4.78, 5) is 53.7. The standard InChI is InChI=1S/C26H29N3O6/c1-26(2,3)35-25(33)28-14-18(27-24(32)34-16-17-9-5-4-6-10-17)13-19(28)15-29-22(30)20-11-7-8-12-21(20)23(29)31/h4-12,18-19H,13-16H2,1-3H3,(H,27,32). The Morgan fingerprint density at radius 2 is 1.57 bits per heavy atom. The van der Waals surface area contributed by atoms with E-state index in [9.17, 15) is 19.2 Å². The second kappa shape index (κ2) is 9.77. The predicted molar refractivity (Wildman–Crippen MR) is 127 cm³/mol. The summed E-state index contributed by atoms with van der Waals surface area (Å²) in [5.41, 5.74) is 0.821. The molecule has 0 saturated carbocycles. The highest BCUT2D eigenvalue weighted by Gasteiger charge is 2.43. The minimum atomic E-state index is -0.725. The normalized spacial score (nSPS) is 19.5. The van der Waals surface area contributed by atoms with Crippen molar-refractivity contribution in [2.24, 2.45) is 0 Å². The molecule has 2 aliphatic rings. The minimum Gasteiger partial charge on any atom is -0.445 e. The van der Waals surface area contributed by atoms with Gasteiger partial charge in [0.2, 0.25) is 0 Å². The molecule has 0 bridgehead atoms. The van der Waals surface area contributed by atoms with E-state index in [-0.39, 0.29) is 19.7 Å². The zero-order chi connectivity index (χ0) is 25.2. The molecule has 9 nitrogen and oxygen atoms in total. The molecule has 35 heavy (non-hydrogen) atoms. The van der Waals surface area contributed by atoms with Gasteiger partial charge in [-0.25, -0.2) is 9.59 Å². The van der Waals surface area contributed by atoms with Gasteiger partial charge in [0.25, 0.3) is 11.8 Å². The third kappa shape index (κ3) is 5.62. The summed E-state index contributed by atoms with van der Waals surface area (Å²) in [6, 6.07) is 15.0. The number of carbonyl (C=O) groups excluding carboxylic acids is 4. The van der Waals surface area contributed by atoms with Crippen LogP contribution in [0.1, 0.15) is 53.5 Å². The largest absolute Gasteiger partial charge is 0.445 e. The highest BCUT2D eigenvalue weighted by atomic mass is 16.6. The van der Waals surface area contributed by atoms with E-state index in [1.807, 2.05) is 30.3 Å². The van der Waals surface area contributed by atoms with Crippen LogP contribution in [0.5, 0.6) is 0 Å². The molecule has 2 aliphatic heterocycles. The zero-order valence-corrected chi connectivity index (χ0v) is 20.0. The number of hydrogen-bond acceptors (Lipinski definition) is 6. The first-order chi connectivity index (χ1) is 16.6. The van der Waals surface area contributed by atoms with Crippen LogP contribution in [0, 0.1) is 0 Å². The van der Waals surface area contributed by atoms with Gasteiger partial charge in [-0.15, -0.1) is 0 Å². The lowest BCUT2D eigenvalue weighted by atomic mass is 10.1. The molecule has 2 heterocycles. The third-order valence-corrected chi connectivity index (χ3v) is 5.85. The highest BCUT2D eigenvalue weighted by Crippen LogP contribution is 2.27. The molecule has 0 aromatic heterocycles. The van der Waals surface area contributed by atoms with Crippen molar-refractivity contribution < 1.29 is 28.7 Å². The fourth-order valence-electron chi connectivity index (χ4n) is 4.29. The quantitative estimate of drug-likeness (QED) is 0.657. The first-order valence-corrected chi connectivity index (χ1v) is 11.5. The van der Waals surface area contributed by atoms with E-state index >= 15 is 0 Å². The van der Waals surface area contributed by atoms with Crippen molar-refractivity contribution in [2.75, 3.05) is 13.1 Å². The van der Waals surface area contributed by atoms with Crippen molar-refractivity contribution in [1.29, 1.82) is 0 Å². The molecule has 2 aromatic carbocycles. The van der Waals surface area contributed by atoms with Gasteiger partial charge >= 0.3 is 12.2 Å². The molecule has 1 fully saturated rings. The smallest absolute Gasteiger partial charge is 0.410 e. The summed E-state index contributed by atoms with van der Waals surface area (Å²) in [7, 11) is 0. The first kappa shape index (κ1) is 24.3. The third-order valence-electron chi connectivity index (χ3n) is 5.85. The van der Waals surface area contributed by atoms with Gasteiger partial charge in [0.15, 0.2) is 0 Å². The molecule has 0 spiro atoms. The van der Waals surface area contributed by atoms with Crippen LogP contribution in [0.3, 0.4) is 0 Å². The number of likely N-dealkylation sites (tertiary alicyclic amines) is 1. The summed E-state index contributed by atoms with van der Waals surface area (Å²) >= 11 is 0. The fraction of sp³-hybridized carbons (Fsp3) is 0.385.